The van der Waals surface area contributed by atoms with E-state index in [0.29, 0.717) is 0 Å². The van der Waals surface area contributed by atoms with Gasteiger partial charge >= 0.3 is 0 Å². The Hall–Kier alpha value is -0.640. The number of nitrogens with zero attached hydrogens (tertiary/aromatic N) is 2. The van der Waals surface area contributed by atoms with Crippen molar-refractivity contribution in [1.29, 1.82) is 0 Å². The first-order valence-corrected chi connectivity index (χ1v) is 7.67. The van der Waals surface area contributed by atoms with Crippen molar-refractivity contribution in [3.63, 3.8) is 0 Å². The summed E-state index contributed by atoms with van der Waals surface area (Å²) in [6, 6.07) is 5.01. The van der Waals surface area contributed by atoms with Gasteiger partial charge in [-0.15, -0.1) is 12.4 Å². The van der Waals surface area contributed by atoms with Crippen LogP contribution < -0.4 is 5.32 Å². The minimum atomic E-state index is 0. The van der Waals surface area contributed by atoms with E-state index in [-0.39, 0.29) is 12.4 Å². The molecule has 2 heterocycles. The second-order valence-electron chi connectivity index (χ2n) is 6.15. The Kier molecular flexibility index (Phi) is 5.82. The molecule has 3 nitrogen and oxygen atoms in total. The SMILES string of the molecule is Cc1ncccc1CN1CCC(NCC2CC2)CC1.Cl. The van der Waals surface area contributed by atoms with Gasteiger partial charge in [-0.25, -0.2) is 0 Å². The first kappa shape index (κ1) is 15.7. The number of aromatic nitrogens is 1. The molecule has 2 aliphatic rings. The third kappa shape index (κ3) is 4.44. The number of rotatable bonds is 5. The Labute approximate surface area is 128 Å². The van der Waals surface area contributed by atoms with Crippen LogP contribution in [0.1, 0.15) is 36.9 Å². The Balaban J connectivity index is 0.00000147. The van der Waals surface area contributed by atoms with E-state index in [0.717, 1.165) is 18.5 Å². The molecule has 1 aromatic heterocycles. The summed E-state index contributed by atoms with van der Waals surface area (Å²) in [6.45, 7) is 6.87. The molecule has 2 fully saturated rings. The van der Waals surface area contributed by atoms with Gasteiger partial charge in [0.05, 0.1) is 0 Å². The number of hydrogen-bond acceptors (Lipinski definition) is 3. The van der Waals surface area contributed by atoms with Gasteiger partial charge in [0.1, 0.15) is 0 Å². The predicted molar refractivity (Wildman–Crippen MR) is 85.2 cm³/mol. The van der Waals surface area contributed by atoms with Crippen LogP contribution in [0.25, 0.3) is 0 Å². The highest BCUT2D eigenvalue weighted by atomic mass is 35.5. The Morgan fingerprint density at radius 2 is 2.00 bits per heavy atom. The molecule has 0 amide bonds. The summed E-state index contributed by atoms with van der Waals surface area (Å²) in [5, 5.41) is 3.74. The summed E-state index contributed by atoms with van der Waals surface area (Å²) in [5.74, 6) is 0.996. The third-order valence-electron chi connectivity index (χ3n) is 4.49. The summed E-state index contributed by atoms with van der Waals surface area (Å²) in [7, 11) is 0. The predicted octanol–water partition coefficient (Wildman–Crippen LogP) is 2.78. The highest BCUT2D eigenvalue weighted by Crippen LogP contribution is 2.28. The van der Waals surface area contributed by atoms with Crippen molar-refractivity contribution in [3.8, 4) is 0 Å². The smallest absolute Gasteiger partial charge is 0.0417 e. The normalized spacial score (nSPS) is 20.6. The maximum Gasteiger partial charge on any atom is 0.0417 e. The van der Waals surface area contributed by atoms with Gasteiger partial charge in [-0.3, -0.25) is 9.88 Å². The van der Waals surface area contributed by atoms with Gasteiger partial charge in [0.15, 0.2) is 0 Å². The lowest BCUT2D eigenvalue weighted by atomic mass is 10.0. The lowest BCUT2D eigenvalue weighted by molar-refractivity contribution is 0.189. The Morgan fingerprint density at radius 1 is 1.25 bits per heavy atom. The topological polar surface area (TPSA) is 28.2 Å². The van der Waals surface area contributed by atoms with Gasteiger partial charge in [-0.05, 0) is 69.8 Å². The lowest BCUT2D eigenvalue weighted by Gasteiger charge is -2.32. The fourth-order valence-electron chi connectivity index (χ4n) is 2.88. The molecule has 1 aromatic rings. The van der Waals surface area contributed by atoms with E-state index in [2.05, 4.69) is 28.2 Å². The maximum absolute atomic E-state index is 4.38. The van der Waals surface area contributed by atoms with Crippen LogP contribution in [0.4, 0.5) is 0 Å². The number of pyridine rings is 1. The largest absolute Gasteiger partial charge is 0.314 e. The van der Waals surface area contributed by atoms with Crippen LogP contribution in [0.2, 0.25) is 0 Å². The maximum atomic E-state index is 4.38. The number of nitrogens with one attached hydrogen (secondary N) is 1. The van der Waals surface area contributed by atoms with Crippen molar-refractivity contribution in [2.24, 2.45) is 5.92 Å². The van der Waals surface area contributed by atoms with Crippen molar-refractivity contribution in [2.45, 2.75) is 45.2 Å². The number of halogens is 1. The third-order valence-corrected chi connectivity index (χ3v) is 4.49. The van der Waals surface area contributed by atoms with Crippen molar-refractivity contribution >= 4 is 12.4 Å². The van der Waals surface area contributed by atoms with Gasteiger partial charge < -0.3 is 5.32 Å². The van der Waals surface area contributed by atoms with Gasteiger partial charge in [-0.1, -0.05) is 6.07 Å². The van der Waals surface area contributed by atoms with E-state index in [9.17, 15) is 0 Å². The molecule has 0 bridgehead atoms. The average Bonchev–Trinajstić information content (AvgIpc) is 3.25. The van der Waals surface area contributed by atoms with Crippen molar-refractivity contribution in [3.05, 3.63) is 29.6 Å². The van der Waals surface area contributed by atoms with E-state index < -0.39 is 0 Å². The second kappa shape index (κ2) is 7.39. The number of likely N-dealkylation sites (tertiary alicyclic amines) is 1. The molecular weight excluding hydrogens is 270 g/mol. The lowest BCUT2D eigenvalue weighted by Crippen LogP contribution is -2.42. The molecule has 0 aromatic carbocycles. The van der Waals surface area contributed by atoms with Crippen LogP contribution in [0.3, 0.4) is 0 Å². The van der Waals surface area contributed by atoms with Gasteiger partial charge in [-0.2, -0.15) is 0 Å². The molecule has 1 saturated carbocycles. The molecule has 4 heteroatoms. The molecule has 1 saturated heterocycles. The average molecular weight is 296 g/mol. The Bertz CT molecular complexity index is 412. The fraction of sp³-hybridized carbons (Fsp3) is 0.688. The first-order valence-electron chi connectivity index (χ1n) is 7.67. The zero-order valence-corrected chi connectivity index (χ0v) is 13.2. The van der Waals surface area contributed by atoms with Gasteiger partial charge in [0.25, 0.3) is 0 Å². The summed E-state index contributed by atoms with van der Waals surface area (Å²) >= 11 is 0. The number of piperidine rings is 1. The molecule has 20 heavy (non-hydrogen) atoms. The minimum Gasteiger partial charge on any atom is -0.314 e. The van der Waals surface area contributed by atoms with Gasteiger partial charge in [0.2, 0.25) is 0 Å². The minimum absolute atomic E-state index is 0. The first-order chi connectivity index (χ1) is 9.31. The summed E-state index contributed by atoms with van der Waals surface area (Å²) < 4.78 is 0. The van der Waals surface area contributed by atoms with E-state index in [4.69, 9.17) is 0 Å². The van der Waals surface area contributed by atoms with E-state index in [1.807, 2.05) is 12.3 Å². The Morgan fingerprint density at radius 3 is 2.65 bits per heavy atom. The zero-order valence-electron chi connectivity index (χ0n) is 12.3. The molecule has 0 atom stereocenters. The summed E-state index contributed by atoms with van der Waals surface area (Å²) in [4.78, 5) is 6.95. The van der Waals surface area contributed by atoms with Crippen LogP contribution in [-0.4, -0.2) is 35.6 Å². The number of hydrogen-bond donors (Lipinski definition) is 1. The molecule has 0 unspecified atom stereocenters. The molecular formula is C16H26ClN3. The molecule has 112 valence electrons. The van der Waals surface area contributed by atoms with Crippen LogP contribution in [0.5, 0.6) is 0 Å². The second-order valence-corrected chi connectivity index (χ2v) is 6.15. The highest BCUT2D eigenvalue weighted by molar-refractivity contribution is 5.85. The molecule has 0 radical (unpaired) electrons. The van der Waals surface area contributed by atoms with Crippen LogP contribution in [0.15, 0.2) is 18.3 Å². The number of aryl methyl sites for hydroxylation is 1. The van der Waals surface area contributed by atoms with Gasteiger partial charge in [0, 0.05) is 24.5 Å². The van der Waals surface area contributed by atoms with Crippen LogP contribution in [0, 0.1) is 12.8 Å². The van der Waals surface area contributed by atoms with Crippen LogP contribution >= 0.6 is 12.4 Å². The van der Waals surface area contributed by atoms with E-state index >= 15 is 0 Å². The summed E-state index contributed by atoms with van der Waals surface area (Å²) in [6.07, 6.45) is 7.38. The van der Waals surface area contributed by atoms with Crippen molar-refractivity contribution in [2.75, 3.05) is 19.6 Å². The molecule has 1 N–H and O–H groups in total. The monoisotopic (exact) mass is 295 g/mol. The van der Waals surface area contributed by atoms with Crippen molar-refractivity contribution < 1.29 is 0 Å². The summed E-state index contributed by atoms with van der Waals surface area (Å²) in [5.41, 5.74) is 2.56. The van der Waals surface area contributed by atoms with E-state index in [1.165, 1.54) is 56.6 Å². The molecule has 1 aliphatic carbocycles. The molecule has 3 rings (SSSR count). The van der Waals surface area contributed by atoms with Crippen molar-refractivity contribution in [1.82, 2.24) is 15.2 Å². The quantitative estimate of drug-likeness (QED) is 0.905. The standard InChI is InChI=1S/C16H25N3.ClH/c1-13-15(3-2-8-17-13)12-19-9-6-16(7-10-19)18-11-14-4-5-14;/h2-3,8,14,16,18H,4-7,9-12H2,1H3;1H. The van der Waals surface area contributed by atoms with E-state index in [1.54, 1.807) is 0 Å². The highest BCUT2D eigenvalue weighted by Gasteiger charge is 2.24. The zero-order chi connectivity index (χ0) is 13.1. The fourth-order valence-corrected chi connectivity index (χ4v) is 2.88. The molecule has 1 aliphatic heterocycles. The molecule has 0 spiro atoms. The van der Waals surface area contributed by atoms with Crippen LogP contribution in [-0.2, 0) is 6.54 Å².